The van der Waals surface area contributed by atoms with E-state index < -0.39 is 0 Å². The first-order valence-corrected chi connectivity index (χ1v) is 5.88. The highest BCUT2D eigenvalue weighted by molar-refractivity contribution is 5.73. The zero-order valence-electron chi connectivity index (χ0n) is 9.93. The maximum Gasteiger partial charge on any atom is 0.309 e. The van der Waals surface area contributed by atoms with Crippen LogP contribution in [0.3, 0.4) is 0 Å². The molecule has 0 amide bonds. The van der Waals surface area contributed by atoms with Gasteiger partial charge in [-0.15, -0.1) is 0 Å². The van der Waals surface area contributed by atoms with E-state index in [1.54, 1.807) is 0 Å². The largest absolute Gasteiger partial charge is 0.460 e. The number of carbonyl (C=O) groups excluding carboxylic acids is 1. The van der Waals surface area contributed by atoms with Gasteiger partial charge in [0.25, 0.3) is 0 Å². The monoisotopic (exact) mass is 211 g/mol. The highest BCUT2D eigenvalue weighted by Gasteiger charge is 2.46. The minimum Gasteiger partial charge on any atom is -0.460 e. The second kappa shape index (κ2) is 3.48. The number of hydrogen-bond acceptors (Lipinski definition) is 3. The van der Waals surface area contributed by atoms with Crippen LogP contribution in [0.5, 0.6) is 0 Å². The Bertz CT molecular complexity index is 253. The molecule has 1 heterocycles. The van der Waals surface area contributed by atoms with Crippen LogP contribution in [-0.4, -0.2) is 23.7 Å². The highest BCUT2D eigenvalue weighted by atomic mass is 16.6. The summed E-state index contributed by atoms with van der Waals surface area (Å²) in [7, 11) is 0. The zero-order chi connectivity index (χ0) is 11.1. The average Bonchev–Trinajstić information content (AvgIpc) is 2.83. The van der Waals surface area contributed by atoms with Crippen molar-refractivity contribution in [3.63, 3.8) is 0 Å². The third-order valence-corrected chi connectivity index (χ3v) is 3.36. The fraction of sp³-hybridized carbons (Fsp3) is 0.917. The standard InChI is InChI=1S/C12H21NO2/c1-11(2,3)15-10(14)9-4-6-12(7-5-9)8-13-12/h9,13H,4-8H2,1-3H3. The lowest BCUT2D eigenvalue weighted by Crippen LogP contribution is -2.33. The summed E-state index contributed by atoms with van der Waals surface area (Å²) in [6.45, 7) is 6.93. The van der Waals surface area contributed by atoms with E-state index >= 15 is 0 Å². The van der Waals surface area contributed by atoms with Crippen molar-refractivity contribution in [1.29, 1.82) is 0 Å². The van der Waals surface area contributed by atoms with Crippen molar-refractivity contribution in [2.45, 2.75) is 57.6 Å². The Morgan fingerprint density at radius 2 is 1.87 bits per heavy atom. The first kappa shape index (κ1) is 10.9. The Hall–Kier alpha value is -0.570. The van der Waals surface area contributed by atoms with Gasteiger partial charge in [0.2, 0.25) is 0 Å². The second-order valence-corrected chi connectivity index (χ2v) is 5.94. The van der Waals surface area contributed by atoms with Crippen molar-refractivity contribution in [1.82, 2.24) is 5.32 Å². The lowest BCUT2D eigenvalue weighted by molar-refractivity contribution is -0.161. The second-order valence-electron chi connectivity index (χ2n) is 5.94. The molecule has 2 aliphatic rings. The predicted octanol–water partition coefficient (Wildman–Crippen LogP) is 1.86. The first-order chi connectivity index (χ1) is 6.90. The maximum atomic E-state index is 11.8. The van der Waals surface area contributed by atoms with E-state index in [-0.39, 0.29) is 17.5 Å². The van der Waals surface area contributed by atoms with Gasteiger partial charge in [-0.3, -0.25) is 4.79 Å². The normalized spacial score (nSPS) is 35.3. The van der Waals surface area contributed by atoms with Crippen molar-refractivity contribution in [2.24, 2.45) is 5.92 Å². The van der Waals surface area contributed by atoms with Crippen LogP contribution in [0.25, 0.3) is 0 Å². The van der Waals surface area contributed by atoms with Crippen molar-refractivity contribution in [3.8, 4) is 0 Å². The van der Waals surface area contributed by atoms with Crippen LogP contribution in [0.1, 0.15) is 46.5 Å². The van der Waals surface area contributed by atoms with Gasteiger partial charge in [0.1, 0.15) is 5.60 Å². The molecule has 1 aliphatic carbocycles. The van der Waals surface area contributed by atoms with Gasteiger partial charge in [-0.25, -0.2) is 0 Å². The van der Waals surface area contributed by atoms with E-state index in [9.17, 15) is 4.79 Å². The number of nitrogens with one attached hydrogen (secondary N) is 1. The molecule has 1 aliphatic heterocycles. The molecule has 15 heavy (non-hydrogen) atoms. The molecule has 2 fully saturated rings. The van der Waals surface area contributed by atoms with Crippen molar-refractivity contribution in [3.05, 3.63) is 0 Å². The van der Waals surface area contributed by atoms with Gasteiger partial charge in [0.15, 0.2) is 0 Å². The van der Waals surface area contributed by atoms with Crippen LogP contribution in [0.4, 0.5) is 0 Å². The summed E-state index contributed by atoms with van der Waals surface area (Å²) >= 11 is 0. The summed E-state index contributed by atoms with van der Waals surface area (Å²) in [6, 6.07) is 0. The van der Waals surface area contributed by atoms with Gasteiger partial charge >= 0.3 is 5.97 Å². The minimum absolute atomic E-state index is 0.00185. The molecule has 0 aromatic carbocycles. The smallest absolute Gasteiger partial charge is 0.309 e. The van der Waals surface area contributed by atoms with E-state index in [1.165, 1.54) is 0 Å². The molecule has 2 rings (SSSR count). The fourth-order valence-electron chi connectivity index (χ4n) is 2.27. The maximum absolute atomic E-state index is 11.8. The quantitative estimate of drug-likeness (QED) is 0.532. The van der Waals surface area contributed by atoms with Gasteiger partial charge in [0.05, 0.1) is 5.92 Å². The lowest BCUT2D eigenvalue weighted by atomic mass is 9.81. The SMILES string of the molecule is CC(C)(C)OC(=O)C1CCC2(CC1)CN2. The summed E-state index contributed by atoms with van der Waals surface area (Å²) in [5.74, 6) is 0.134. The number of ether oxygens (including phenoxy) is 1. The first-order valence-electron chi connectivity index (χ1n) is 5.88. The topological polar surface area (TPSA) is 48.2 Å². The van der Waals surface area contributed by atoms with Crippen molar-refractivity contribution < 1.29 is 9.53 Å². The summed E-state index contributed by atoms with van der Waals surface area (Å²) in [5, 5.41) is 3.41. The van der Waals surface area contributed by atoms with Crippen LogP contribution in [0.15, 0.2) is 0 Å². The van der Waals surface area contributed by atoms with E-state index in [0.29, 0.717) is 5.54 Å². The van der Waals surface area contributed by atoms with Crippen LogP contribution >= 0.6 is 0 Å². The molecule has 0 aromatic heterocycles. The molecular formula is C12H21NO2. The Balaban J connectivity index is 1.82. The summed E-state index contributed by atoms with van der Waals surface area (Å²) in [6.07, 6.45) is 4.25. The van der Waals surface area contributed by atoms with Gasteiger partial charge in [0, 0.05) is 12.1 Å². The molecule has 1 saturated carbocycles. The Morgan fingerprint density at radius 1 is 1.33 bits per heavy atom. The fourth-order valence-corrected chi connectivity index (χ4v) is 2.27. The van der Waals surface area contributed by atoms with E-state index in [0.717, 1.165) is 32.2 Å². The number of carbonyl (C=O) groups is 1. The molecule has 86 valence electrons. The molecule has 0 unspecified atom stereocenters. The molecule has 0 atom stereocenters. The van der Waals surface area contributed by atoms with E-state index in [4.69, 9.17) is 4.74 Å². The average molecular weight is 211 g/mol. The molecule has 3 heteroatoms. The number of rotatable bonds is 1. The summed E-state index contributed by atoms with van der Waals surface area (Å²) < 4.78 is 5.41. The lowest BCUT2D eigenvalue weighted by Gasteiger charge is -2.29. The van der Waals surface area contributed by atoms with Crippen LogP contribution in [0, 0.1) is 5.92 Å². The van der Waals surface area contributed by atoms with Crippen LogP contribution in [-0.2, 0) is 9.53 Å². The third kappa shape index (κ3) is 2.71. The number of hydrogen-bond donors (Lipinski definition) is 1. The van der Waals surface area contributed by atoms with Crippen LogP contribution < -0.4 is 5.32 Å². The van der Waals surface area contributed by atoms with E-state index in [1.807, 2.05) is 20.8 Å². The Labute approximate surface area is 91.6 Å². The van der Waals surface area contributed by atoms with Gasteiger partial charge < -0.3 is 10.1 Å². The molecule has 0 radical (unpaired) electrons. The molecule has 0 bridgehead atoms. The Morgan fingerprint density at radius 3 is 2.27 bits per heavy atom. The zero-order valence-corrected chi connectivity index (χ0v) is 9.93. The van der Waals surface area contributed by atoms with Gasteiger partial charge in [-0.05, 0) is 46.5 Å². The van der Waals surface area contributed by atoms with E-state index in [2.05, 4.69) is 5.32 Å². The Kier molecular flexibility index (Phi) is 2.53. The number of esters is 1. The molecule has 0 aromatic rings. The third-order valence-electron chi connectivity index (χ3n) is 3.36. The van der Waals surface area contributed by atoms with Crippen molar-refractivity contribution in [2.75, 3.05) is 6.54 Å². The minimum atomic E-state index is -0.343. The van der Waals surface area contributed by atoms with Crippen molar-refractivity contribution >= 4 is 5.97 Å². The van der Waals surface area contributed by atoms with Gasteiger partial charge in [-0.1, -0.05) is 0 Å². The summed E-state index contributed by atoms with van der Waals surface area (Å²) in [5.41, 5.74) is 0.0720. The summed E-state index contributed by atoms with van der Waals surface area (Å²) in [4.78, 5) is 11.8. The molecule has 1 spiro atoms. The highest BCUT2D eigenvalue weighted by Crippen LogP contribution is 2.38. The molecule has 1 saturated heterocycles. The predicted molar refractivity (Wildman–Crippen MR) is 58.5 cm³/mol. The molecule has 1 N–H and O–H groups in total. The van der Waals surface area contributed by atoms with Crippen LogP contribution in [0.2, 0.25) is 0 Å². The van der Waals surface area contributed by atoms with Gasteiger partial charge in [-0.2, -0.15) is 0 Å². The molecular weight excluding hydrogens is 190 g/mol. The molecule has 3 nitrogen and oxygen atoms in total.